The van der Waals surface area contributed by atoms with Gasteiger partial charge in [-0.2, -0.15) is 0 Å². The van der Waals surface area contributed by atoms with Crippen molar-refractivity contribution >= 4 is 11.7 Å². The lowest BCUT2D eigenvalue weighted by Gasteiger charge is -2.07. The first-order valence-corrected chi connectivity index (χ1v) is 5.31. The standard InChI is InChI=1S/C13H10F2N2O2/c1-19-13(18)8-4-7(5-17-6-8)9-2-3-10(14)12(16)11(9)15/h2-6H,16H2,1H3. The third kappa shape index (κ3) is 2.37. The average Bonchev–Trinajstić information content (AvgIpc) is 2.44. The van der Waals surface area contributed by atoms with Gasteiger partial charge in [0.05, 0.1) is 12.7 Å². The smallest absolute Gasteiger partial charge is 0.339 e. The number of pyridine rings is 1. The molecule has 1 aromatic heterocycles. The predicted molar refractivity (Wildman–Crippen MR) is 65.3 cm³/mol. The van der Waals surface area contributed by atoms with Crippen LogP contribution in [0.4, 0.5) is 14.5 Å². The Morgan fingerprint density at radius 2 is 2.05 bits per heavy atom. The molecule has 4 nitrogen and oxygen atoms in total. The summed E-state index contributed by atoms with van der Waals surface area (Å²) in [5.74, 6) is -2.31. The summed E-state index contributed by atoms with van der Waals surface area (Å²) in [4.78, 5) is 15.2. The first-order valence-electron chi connectivity index (χ1n) is 5.31. The Morgan fingerprint density at radius 1 is 1.32 bits per heavy atom. The zero-order chi connectivity index (χ0) is 14.0. The lowest BCUT2D eigenvalue weighted by Crippen LogP contribution is -2.03. The number of hydrogen-bond donors (Lipinski definition) is 1. The fourth-order valence-corrected chi connectivity index (χ4v) is 1.61. The van der Waals surface area contributed by atoms with Crippen LogP contribution in [0.2, 0.25) is 0 Å². The van der Waals surface area contributed by atoms with Gasteiger partial charge in [-0.3, -0.25) is 4.98 Å². The Bertz CT molecular complexity index is 645. The maximum absolute atomic E-state index is 13.9. The van der Waals surface area contributed by atoms with Crippen LogP contribution in [0.5, 0.6) is 0 Å². The van der Waals surface area contributed by atoms with Crippen LogP contribution < -0.4 is 5.73 Å². The summed E-state index contributed by atoms with van der Waals surface area (Å²) >= 11 is 0. The monoisotopic (exact) mass is 264 g/mol. The van der Waals surface area contributed by atoms with Crippen LogP contribution in [0.3, 0.4) is 0 Å². The first kappa shape index (κ1) is 12.9. The molecule has 98 valence electrons. The maximum atomic E-state index is 13.9. The Balaban J connectivity index is 2.54. The van der Waals surface area contributed by atoms with Gasteiger partial charge in [0.2, 0.25) is 0 Å². The van der Waals surface area contributed by atoms with Crippen LogP contribution in [-0.2, 0) is 4.74 Å². The second kappa shape index (κ2) is 5.01. The molecule has 1 aromatic carbocycles. The van der Waals surface area contributed by atoms with Crippen molar-refractivity contribution in [2.45, 2.75) is 0 Å². The molecule has 0 unspecified atom stereocenters. The number of ether oxygens (including phenoxy) is 1. The second-order valence-electron chi connectivity index (χ2n) is 3.78. The highest BCUT2D eigenvalue weighted by Gasteiger charge is 2.14. The minimum atomic E-state index is -0.885. The van der Waals surface area contributed by atoms with Gasteiger partial charge in [-0.1, -0.05) is 0 Å². The molecular formula is C13H10F2N2O2. The number of carbonyl (C=O) groups excluding carboxylic acids is 1. The molecule has 0 saturated carbocycles. The number of rotatable bonds is 2. The van der Waals surface area contributed by atoms with Crippen LogP contribution in [-0.4, -0.2) is 18.1 Å². The Hall–Kier alpha value is -2.50. The number of nitrogens with zero attached hydrogens (tertiary/aromatic N) is 1. The molecule has 0 amide bonds. The minimum absolute atomic E-state index is 0.0668. The number of benzene rings is 1. The zero-order valence-electron chi connectivity index (χ0n) is 9.98. The van der Waals surface area contributed by atoms with E-state index in [0.29, 0.717) is 5.56 Å². The van der Waals surface area contributed by atoms with E-state index >= 15 is 0 Å². The van der Waals surface area contributed by atoms with E-state index in [4.69, 9.17) is 5.73 Å². The maximum Gasteiger partial charge on any atom is 0.339 e. The highest BCUT2D eigenvalue weighted by Crippen LogP contribution is 2.28. The van der Waals surface area contributed by atoms with Crippen LogP contribution in [0.25, 0.3) is 11.1 Å². The van der Waals surface area contributed by atoms with E-state index in [9.17, 15) is 13.6 Å². The molecule has 19 heavy (non-hydrogen) atoms. The van der Waals surface area contributed by atoms with Crippen molar-refractivity contribution in [2.75, 3.05) is 12.8 Å². The van der Waals surface area contributed by atoms with Crippen LogP contribution in [0, 0.1) is 11.6 Å². The molecule has 0 radical (unpaired) electrons. The van der Waals surface area contributed by atoms with Crippen molar-refractivity contribution < 1.29 is 18.3 Å². The van der Waals surface area contributed by atoms with E-state index in [1.165, 1.54) is 31.6 Å². The highest BCUT2D eigenvalue weighted by atomic mass is 19.1. The topological polar surface area (TPSA) is 65.2 Å². The van der Waals surface area contributed by atoms with Gasteiger partial charge in [0, 0.05) is 23.5 Å². The molecule has 2 aromatic rings. The SMILES string of the molecule is COC(=O)c1cncc(-c2ccc(F)c(N)c2F)c1. The van der Waals surface area contributed by atoms with Crippen molar-refractivity contribution in [3.63, 3.8) is 0 Å². The number of esters is 1. The van der Waals surface area contributed by atoms with Crippen molar-refractivity contribution in [2.24, 2.45) is 0 Å². The number of nitrogens with two attached hydrogens (primary N) is 1. The van der Waals surface area contributed by atoms with Crippen molar-refractivity contribution in [3.8, 4) is 11.1 Å². The lowest BCUT2D eigenvalue weighted by atomic mass is 10.0. The normalized spacial score (nSPS) is 10.3. The largest absolute Gasteiger partial charge is 0.465 e. The van der Waals surface area contributed by atoms with E-state index in [1.54, 1.807) is 0 Å². The summed E-state index contributed by atoms with van der Waals surface area (Å²) in [6, 6.07) is 3.69. The van der Waals surface area contributed by atoms with E-state index in [-0.39, 0.29) is 11.1 Å². The summed E-state index contributed by atoms with van der Waals surface area (Å²) in [5, 5.41) is 0. The number of methoxy groups -OCH3 is 1. The minimum Gasteiger partial charge on any atom is -0.465 e. The molecule has 1 heterocycles. The summed E-state index contributed by atoms with van der Waals surface area (Å²) in [6.45, 7) is 0. The predicted octanol–water partition coefficient (Wildman–Crippen LogP) is 2.40. The van der Waals surface area contributed by atoms with Gasteiger partial charge in [-0.15, -0.1) is 0 Å². The van der Waals surface area contributed by atoms with E-state index in [2.05, 4.69) is 9.72 Å². The molecular weight excluding hydrogens is 254 g/mol. The van der Waals surface area contributed by atoms with Gasteiger partial charge in [-0.25, -0.2) is 13.6 Å². The van der Waals surface area contributed by atoms with Crippen molar-refractivity contribution in [1.29, 1.82) is 0 Å². The van der Waals surface area contributed by atoms with Gasteiger partial charge < -0.3 is 10.5 Å². The highest BCUT2D eigenvalue weighted by molar-refractivity contribution is 5.90. The quantitative estimate of drug-likeness (QED) is 0.668. The molecule has 0 aliphatic heterocycles. The molecule has 0 spiro atoms. The third-order valence-corrected chi connectivity index (χ3v) is 2.60. The number of aromatic nitrogens is 1. The van der Waals surface area contributed by atoms with Crippen LogP contribution >= 0.6 is 0 Å². The van der Waals surface area contributed by atoms with Gasteiger partial charge in [-0.05, 0) is 18.2 Å². The summed E-state index contributed by atoms with van der Waals surface area (Å²) in [5.41, 5.74) is 5.26. The number of hydrogen-bond acceptors (Lipinski definition) is 4. The third-order valence-electron chi connectivity index (χ3n) is 2.60. The number of nitrogen functional groups attached to an aromatic ring is 1. The number of carbonyl (C=O) groups is 1. The Labute approximate surface area is 107 Å². The van der Waals surface area contributed by atoms with Gasteiger partial charge in [0.15, 0.2) is 5.82 Å². The molecule has 0 saturated heterocycles. The average molecular weight is 264 g/mol. The lowest BCUT2D eigenvalue weighted by molar-refractivity contribution is 0.0600. The van der Waals surface area contributed by atoms with E-state index in [0.717, 1.165) is 6.07 Å². The van der Waals surface area contributed by atoms with Crippen molar-refractivity contribution in [3.05, 3.63) is 47.8 Å². The molecule has 6 heteroatoms. The number of halogens is 2. The molecule has 2 rings (SSSR count). The van der Waals surface area contributed by atoms with Crippen LogP contribution in [0.1, 0.15) is 10.4 Å². The number of anilines is 1. The molecule has 0 aliphatic carbocycles. The fourth-order valence-electron chi connectivity index (χ4n) is 1.61. The zero-order valence-corrected chi connectivity index (χ0v) is 9.98. The Kier molecular flexibility index (Phi) is 3.41. The van der Waals surface area contributed by atoms with Gasteiger partial charge in [0.1, 0.15) is 11.5 Å². The molecule has 0 bridgehead atoms. The molecule has 0 atom stereocenters. The second-order valence-corrected chi connectivity index (χ2v) is 3.78. The van der Waals surface area contributed by atoms with Gasteiger partial charge in [0.25, 0.3) is 0 Å². The first-order chi connectivity index (χ1) is 9.04. The van der Waals surface area contributed by atoms with E-state index < -0.39 is 23.3 Å². The summed E-state index contributed by atoms with van der Waals surface area (Å²) in [6.07, 6.45) is 2.64. The Morgan fingerprint density at radius 3 is 2.74 bits per heavy atom. The summed E-state index contributed by atoms with van der Waals surface area (Å²) in [7, 11) is 1.23. The molecule has 0 fully saturated rings. The molecule has 2 N–H and O–H groups in total. The van der Waals surface area contributed by atoms with Crippen molar-refractivity contribution in [1.82, 2.24) is 4.98 Å². The van der Waals surface area contributed by atoms with E-state index in [1.807, 2.05) is 0 Å². The van der Waals surface area contributed by atoms with Gasteiger partial charge >= 0.3 is 5.97 Å². The van der Waals surface area contributed by atoms with Crippen LogP contribution in [0.15, 0.2) is 30.6 Å². The molecule has 0 aliphatic rings. The fraction of sp³-hybridized carbons (Fsp3) is 0.0769. The summed E-state index contributed by atoms with van der Waals surface area (Å²) < 4.78 is 31.5.